The molecular weight excluding hydrogens is 290 g/mol. The zero-order valence-electron chi connectivity index (χ0n) is 12.2. The van der Waals surface area contributed by atoms with Crippen molar-refractivity contribution in [3.63, 3.8) is 0 Å². The summed E-state index contributed by atoms with van der Waals surface area (Å²) in [5, 5.41) is 0. The molecule has 1 aromatic rings. The normalized spacial score (nSPS) is 16.8. The predicted molar refractivity (Wildman–Crippen MR) is 86.3 cm³/mol. The fourth-order valence-electron chi connectivity index (χ4n) is 2.16. The van der Waals surface area contributed by atoms with Gasteiger partial charge in [-0.05, 0) is 25.2 Å². The van der Waals surface area contributed by atoms with Crippen molar-refractivity contribution in [3.8, 4) is 0 Å². The molecule has 0 bridgehead atoms. The molecule has 1 atom stereocenters. The van der Waals surface area contributed by atoms with Crippen LogP contribution in [0.4, 0.5) is 0 Å². The lowest BCUT2D eigenvalue weighted by molar-refractivity contribution is 0.0633. The van der Waals surface area contributed by atoms with E-state index in [1.165, 1.54) is 16.2 Å². The van der Waals surface area contributed by atoms with Crippen molar-refractivity contribution in [3.05, 3.63) is 27.5 Å². The molecule has 1 aliphatic heterocycles. The lowest BCUT2D eigenvalue weighted by atomic mass is 10.1. The van der Waals surface area contributed by atoms with E-state index in [0.717, 1.165) is 16.2 Å². The summed E-state index contributed by atoms with van der Waals surface area (Å²) in [5.74, 6) is 0.0798. The number of imide groups is 1. The van der Waals surface area contributed by atoms with Gasteiger partial charge in [-0.2, -0.15) is 0 Å². The summed E-state index contributed by atoms with van der Waals surface area (Å²) >= 11 is 3.06. The first-order chi connectivity index (χ1) is 9.53. The van der Waals surface area contributed by atoms with Gasteiger partial charge in [-0.3, -0.25) is 14.5 Å². The standard InChI is InChI=1S/C15H19NO2S2/c1-5-9(3)8-16-14(17)10-7-12(11(6-2)19-4)20-13(10)15(16)18/h6-7,9H,5,8H2,1-4H3. The Bertz CT molecular complexity index is 541. The van der Waals surface area contributed by atoms with E-state index in [2.05, 4.69) is 13.8 Å². The van der Waals surface area contributed by atoms with Crippen LogP contribution in [-0.2, 0) is 0 Å². The highest BCUT2D eigenvalue weighted by Crippen LogP contribution is 2.37. The third-order valence-corrected chi connectivity index (χ3v) is 5.74. The summed E-state index contributed by atoms with van der Waals surface area (Å²) in [6.45, 7) is 6.61. The van der Waals surface area contributed by atoms with Crippen LogP contribution in [0.2, 0.25) is 0 Å². The van der Waals surface area contributed by atoms with Crippen molar-refractivity contribution in [2.45, 2.75) is 27.2 Å². The van der Waals surface area contributed by atoms with Gasteiger partial charge in [0.25, 0.3) is 11.8 Å². The van der Waals surface area contributed by atoms with Crippen LogP contribution in [0.3, 0.4) is 0 Å². The van der Waals surface area contributed by atoms with E-state index in [1.807, 2.05) is 25.3 Å². The Labute approximate surface area is 128 Å². The summed E-state index contributed by atoms with van der Waals surface area (Å²) in [6.07, 6.45) is 4.97. The second-order valence-corrected chi connectivity index (χ2v) is 6.85. The largest absolute Gasteiger partial charge is 0.273 e. The summed E-state index contributed by atoms with van der Waals surface area (Å²) in [6, 6.07) is 1.86. The minimum absolute atomic E-state index is 0.127. The number of rotatable bonds is 5. The number of carbonyl (C=O) groups excluding carboxylic acids is 2. The summed E-state index contributed by atoms with van der Waals surface area (Å²) < 4.78 is 0. The Morgan fingerprint density at radius 2 is 2.15 bits per heavy atom. The van der Waals surface area contributed by atoms with Crippen LogP contribution in [0.15, 0.2) is 12.1 Å². The number of hydrogen-bond donors (Lipinski definition) is 0. The Balaban J connectivity index is 2.29. The molecule has 1 unspecified atom stereocenters. The van der Waals surface area contributed by atoms with Crippen LogP contribution in [0, 0.1) is 5.92 Å². The molecule has 0 fully saturated rings. The van der Waals surface area contributed by atoms with Crippen LogP contribution in [0.25, 0.3) is 4.91 Å². The first-order valence-electron chi connectivity index (χ1n) is 6.74. The number of allylic oxidation sites excluding steroid dienone is 1. The highest BCUT2D eigenvalue weighted by atomic mass is 32.2. The monoisotopic (exact) mass is 309 g/mol. The molecule has 0 spiro atoms. The number of nitrogens with zero attached hydrogens (tertiary/aromatic N) is 1. The zero-order chi connectivity index (χ0) is 14.9. The van der Waals surface area contributed by atoms with E-state index in [0.29, 0.717) is 22.9 Å². The van der Waals surface area contributed by atoms with Crippen molar-refractivity contribution in [2.75, 3.05) is 12.8 Å². The number of fused-ring (bicyclic) bond motifs is 1. The summed E-state index contributed by atoms with van der Waals surface area (Å²) in [7, 11) is 0. The van der Waals surface area contributed by atoms with Gasteiger partial charge in [0.2, 0.25) is 0 Å². The molecular formula is C15H19NO2S2. The summed E-state index contributed by atoms with van der Waals surface area (Å²) in [5.41, 5.74) is 0.576. The Morgan fingerprint density at radius 1 is 1.45 bits per heavy atom. The minimum atomic E-state index is -0.135. The molecule has 1 aromatic heterocycles. The van der Waals surface area contributed by atoms with E-state index in [9.17, 15) is 9.59 Å². The smallest absolute Gasteiger partial charge is 0.271 e. The number of carbonyl (C=O) groups is 2. The topological polar surface area (TPSA) is 37.4 Å². The van der Waals surface area contributed by atoms with Crippen LogP contribution < -0.4 is 0 Å². The second kappa shape index (κ2) is 6.14. The second-order valence-electron chi connectivity index (χ2n) is 4.94. The van der Waals surface area contributed by atoms with E-state index >= 15 is 0 Å². The van der Waals surface area contributed by atoms with Crippen molar-refractivity contribution in [2.24, 2.45) is 5.92 Å². The molecule has 3 nitrogen and oxygen atoms in total. The van der Waals surface area contributed by atoms with Gasteiger partial charge in [0.15, 0.2) is 0 Å². The van der Waals surface area contributed by atoms with Crippen molar-refractivity contribution < 1.29 is 9.59 Å². The predicted octanol–water partition coefficient (Wildman–Crippen LogP) is 4.11. The maximum Gasteiger partial charge on any atom is 0.271 e. The van der Waals surface area contributed by atoms with Crippen molar-refractivity contribution >= 4 is 39.8 Å². The Kier molecular flexibility index (Phi) is 4.70. The summed E-state index contributed by atoms with van der Waals surface area (Å²) in [4.78, 5) is 28.8. The van der Waals surface area contributed by atoms with E-state index in [-0.39, 0.29) is 11.8 Å². The zero-order valence-corrected chi connectivity index (χ0v) is 13.9. The molecule has 2 rings (SSSR count). The van der Waals surface area contributed by atoms with Crippen LogP contribution in [0.5, 0.6) is 0 Å². The van der Waals surface area contributed by atoms with Crippen LogP contribution >= 0.6 is 23.1 Å². The van der Waals surface area contributed by atoms with Gasteiger partial charge in [0.1, 0.15) is 4.88 Å². The Hall–Kier alpha value is -1.07. The molecule has 2 amide bonds. The fraction of sp³-hybridized carbons (Fsp3) is 0.467. The molecule has 0 saturated heterocycles. The maximum absolute atomic E-state index is 12.4. The molecule has 20 heavy (non-hydrogen) atoms. The molecule has 0 radical (unpaired) electrons. The number of hydrogen-bond acceptors (Lipinski definition) is 4. The number of amides is 2. The third-order valence-electron chi connectivity index (χ3n) is 3.56. The number of thioether (sulfide) groups is 1. The average molecular weight is 309 g/mol. The van der Waals surface area contributed by atoms with E-state index < -0.39 is 0 Å². The van der Waals surface area contributed by atoms with E-state index in [4.69, 9.17) is 0 Å². The quantitative estimate of drug-likeness (QED) is 0.768. The van der Waals surface area contributed by atoms with Gasteiger partial charge >= 0.3 is 0 Å². The highest BCUT2D eigenvalue weighted by Gasteiger charge is 2.38. The van der Waals surface area contributed by atoms with Gasteiger partial charge in [-0.1, -0.05) is 26.3 Å². The molecule has 0 aliphatic carbocycles. The van der Waals surface area contributed by atoms with Gasteiger partial charge in [0.05, 0.1) is 5.56 Å². The highest BCUT2D eigenvalue weighted by molar-refractivity contribution is 8.07. The van der Waals surface area contributed by atoms with Gasteiger partial charge in [-0.25, -0.2) is 0 Å². The Morgan fingerprint density at radius 3 is 2.65 bits per heavy atom. The molecule has 0 saturated carbocycles. The van der Waals surface area contributed by atoms with Crippen molar-refractivity contribution in [1.82, 2.24) is 4.90 Å². The van der Waals surface area contributed by atoms with E-state index in [1.54, 1.807) is 11.8 Å². The first-order valence-corrected chi connectivity index (χ1v) is 8.78. The van der Waals surface area contributed by atoms with Gasteiger partial charge in [-0.15, -0.1) is 23.1 Å². The van der Waals surface area contributed by atoms with Crippen LogP contribution in [-0.4, -0.2) is 29.5 Å². The molecule has 2 heterocycles. The molecule has 5 heteroatoms. The minimum Gasteiger partial charge on any atom is -0.273 e. The molecule has 108 valence electrons. The third kappa shape index (κ3) is 2.56. The fourth-order valence-corrected chi connectivity index (χ4v) is 4.10. The van der Waals surface area contributed by atoms with Gasteiger partial charge < -0.3 is 0 Å². The van der Waals surface area contributed by atoms with Crippen LogP contribution in [0.1, 0.15) is 52.1 Å². The molecule has 0 N–H and O–H groups in total. The SMILES string of the molecule is CC=C(SC)c1cc2c(s1)C(=O)N(CC(C)CC)C2=O. The first kappa shape index (κ1) is 15.3. The van der Waals surface area contributed by atoms with Gasteiger partial charge in [0, 0.05) is 16.3 Å². The van der Waals surface area contributed by atoms with Crippen molar-refractivity contribution in [1.29, 1.82) is 0 Å². The maximum atomic E-state index is 12.4. The lowest BCUT2D eigenvalue weighted by Gasteiger charge is -2.18. The molecule has 1 aliphatic rings. The lowest BCUT2D eigenvalue weighted by Crippen LogP contribution is -2.33. The number of thiophene rings is 1. The molecule has 0 aromatic carbocycles. The average Bonchev–Trinajstić information content (AvgIpc) is 2.96.